The predicted octanol–water partition coefficient (Wildman–Crippen LogP) is 2.27. The van der Waals surface area contributed by atoms with Crippen molar-refractivity contribution in [2.24, 2.45) is 0 Å². The maximum atomic E-state index is 12.6. The first-order chi connectivity index (χ1) is 13.4. The standard InChI is InChI=1S/C20H25N3O4S/c1-15(2)28(25,26)18-5-3-16(4-6-18)13-20(24)23-11-7-17(8-12-23)27-19-14-21-9-10-22-19/h3-6,9-10,14-15,17H,7-8,11-13H2,1-2H3. The van der Waals surface area contributed by atoms with Gasteiger partial charge in [0.1, 0.15) is 6.10 Å². The van der Waals surface area contributed by atoms with Gasteiger partial charge in [-0.15, -0.1) is 0 Å². The molecule has 0 saturated carbocycles. The largest absolute Gasteiger partial charge is 0.473 e. The fourth-order valence-corrected chi connectivity index (χ4v) is 4.16. The van der Waals surface area contributed by atoms with Crippen molar-refractivity contribution in [2.75, 3.05) is 13.1 Å². The number of aromatic nitrogens is 2. The van der Waals surface area contributed by atoms with E-state index in [1.807, 2.05) is 4.90 Å². The molecule has 3 rings (SSSR count). The summed E-state index contributed by atoms with van der Waals surface area (Å²) in [7, 11) is -3.29. The van der Waals surface area contributed by atoms with Gasteiger partial charge in [0.25, 0.3) is 0 Å². The van der Waals surface area contributed by atoms with E-state index in [0.717, 1.165) is 18.4 Å². The molecule has 0 radical (unpaired) electrons. The van der Waals surface area contributed by atoms with Crippen LogP contribution in [-0.2, 0) is 21.1 Å². The lowest BCUT2D eigenvalue weighted by Crippen LogP contribution is -2.42. The van der Waals surface area contributed by atoms with E-state index < -0.39 is 15.1 Å². The molecule has 8 heteroatoms. The highest BCUT2D eigenvalue weighted by atomic mass is 32.2. The Labute approximate surface area is 165 Å². The highest BCUT2D eigenvalue weighted by Gasteiger charge is 2.24. The smallest absolute Gasteiger partial charge is 0.232 e. The Kier molecular flexibility index (Phi) is 6.28. The number of sulfone groups is 1. The van der Waals surface area contributed by atoms with E-state index in [-0.39, 0.29) is 18.4 Å². The van der Waals surface area contributed by atoms with Crippen molar-refractivity contribution in [1.29, 1.82) is 0 Å². The van der Waals surface area contributed by atoms with Crippen LogP contribution >= 0.6 is 0 Å². The number of nitrogens with zero attached hydrogens (tertiary/aromatic N) is 3. The van der Waals surface area contributed by atoms with Gasteiger partial charge in [0.2, 0.25) is 11.8 Å². The maximum absolute atomic E-state index is 12.6. The second kappa shape index (κ2) is 8.68. The molecule has 7 nitrogen and oxygen atoms in total. The van der Waals surface area contributed by atoms with Gasteiger partial charge in [0.05, 0.1) is 22.8 Å². The first-order valence-corrected chi connectivity index (χ1v) is 10.9. The number of carbonyl (C=O) groups excluding carboxylic acids is 1. The number of rotatable bonds is 6. The highest BCUT2D eigenvalue weighted by Crippen LogP contribution is 2.19. The minimum atomic E-state index is -3.29. The molecule has 1 aliphatic rings. The summed E-state index contributed by atoms with van der Waals surface area (Å²) in [5.41, 5.74) is 0.811. The maximum Gasteiger partial charge on any atom is 0.232 e. The molecule has 1 saturated heterocycles. The third kappa shape index (κ3) is 4.86. The summed E-state index contributed by atoms with van der Waals surface area (Å²) < 4.78 is 30.2. The van der Waals surface area contributed by atoms with Gasteiger partial charge in [-0.25, -0.2) is 13.4 Å². The lowest BCUT2D eigenvalue weighted by atomic mass is 10.1. The summed E-state index contributed by atoms with van der Waals surface area (Å²) in [5.74, 6) is 0.543. The van der Waals surface area contributed by atoms with Crippen LogP contribution in [0.1, 0.15) is 32.3 Å². The molecule has 28 heavy (non-hydrogen) atoms. The molecule has 0 aliphatic carbocycles. The molecule has 0 spiro atoms. The van der Waals surface area contributed by atoms with Crippen molar-refractivity contribution in [3.05, 3.63) is 48.4 Å². The van der Waals surface area contributed by atoms with Crippen molar-refractivity contribution in [3.63, 3.8) is 0 Å². The fraction of sp³-hybridized carbons (Fsp3) is 0.450. The number of likely N-dealkylation sites (tertiary alicyclic amines) is 1. The molecular formula is C20H25N3O4S. The first kappa shape index (κ1) is 20.3. The molecule has 2 aromatic rings. The summed E-state index contributed by atoms with van der Waals surface area (Å²) in [4.78, 5) is 22.8. The number of piperidine rings is 1. The Morgan fingerprint density at radius 3 is 2.43 bits per heavy atom. The van der Waals surface area contributed by atoms with E-state index >= 15 is 0 Å². The quantitative estimate of drug-likeness (QED) is 0.735. The number of hydrogen-bond acceptors (Lipinski definition) is 6. The number of hydrogen-bond donors (Lipinski definition) is 0. The van der Waals surface area contributed by atoms with Crippen molar-refractivity contribution in [2.45, 2.75) is 49.4 Å². The lowest BCUT2D eigenvalue weighted by molar-refractivity contribution is -0.132. The second-order valence-electron chi connectivity index (χ2n) is 7.16. The topological polar surface area (TPSA) is 89.5 Å². The van der Waals surface area contributed by atoms with Gasteiger partial charge in [0, 0.05) is 38.3 Å². The van der Waals surface area contributed by atoms with E-state index in [0.29, 0.717) is 23.9 Å². The molecule has 1 fully saturated rings. The van der Waals surface area contributed by atoms with Gasteiger partial charge in [-0.2, -0.15) is 0 Å². The van der Waals surface area contributed by atoms with Crippen LogP contribution < -0.4 is 4.74 Å². The van der Waals surface area contributed by atoms with Crippen molar-refractivity contribution in [1.82, 2.24) is 14.9 Å². The SMILES string of the molecule is CC(C)S(=O)(=O)c1ccc(CC(=O)N2CCC(Oc3cnccn3)CC2)cc1. The van der Waals surface area contributed by atoms with Crippen LogP contribution in [0.2, 0.25) is 0 Å². The minimum Gasteiger partial charge on any atom is -0.473 e. The van der Waals surface area contributed by atoms with Gasteiger partial charge in [-0.3, -0.25) is 9.78 Å². The molecule has 0 bridgehead atoms. The Hall–Kier alpha value is -2.48. The molecule has 1 amide bonds. The Bertz CT molecular complexity index is 891. The number of benzene rings is 1. The van der Waals surface area contributed by atoms with Crippen LogP contribution in [0.15, 0.2) is 47.8 Å². The molecule has 1 aliphatic heterocycles. The van der Waals surface area contributed by atoms with E-state index in [1.165, 1.54) is 0 Å². The molecular weight excluding hydrogens is 378 g/mol. The zero-order valence-corrected chi connectivity index (χ0v) is 16.9. The Morgan fingerprint density at radius 1 is 1.18 bits per heavy atom. The third-order valence-corrected chi connectivity index (χ3v) is 7.02. The highest BCUT2D eigenvalue weighted by molar-refractivity contribution is 7.92. The van der Waals surface area contributed by atoms with Crippen LogP contribution in [0, 0.1) is 0 Å². The Morgan fingerprint density at radius 2 is 1.86 bits per heavy atom. The molecule has 150 valence electrons. The lowest BCUT2D eigenvalue weighted by Gasteiger charge is -2.32. The summed E-state index contributed by atoms with van der Waals surface area (Å²) in [6.45, 7) is 4.57. The van der Waals surface area contributed by atoms with Gasteiger partial charge in [-0.1, -0.05) is 12.1 Å². The summed E-state index contributed by atoms with van der Waals surface area (Å²) >= 11 is 0. The zero-order chi connectivity index (χ0) is 20.1. The first-order valence-electron chi connectivity index (χ1n) is 9.39. The van der Waals surface area contributed by atoms with Gasteiger partial charge >= 0.3 is 0 Å². The summed E-state index contributed by atoms with van der Waals surface area (Å²) in [6, 6.07) is 6.60. The molecule has 1 aromatic carbocycles. The molecule has 2 heterocycles. The summed E-state index contributed by atoms with van der Waals surface area (Å²) in [5, 5.41) is -0.467. The van der Waals surface area contributed by atoms with Crippen molar-refractivity contribution >= 4 is 15.7 Å². The molecule has 0 N–H and O–H groups in total. The van der Waals surface area contributed by atoms with E-state index in [1.54, 1.807) is 56.7 Å². The normalized spacial score (nSPS) is 15.6. The monoisotopic (exact) mass is 403 g/mol. The van der Waals surface area contributed by atoms with Crippen LogP contribution in [0.4, 0.5) is 0 Å². The number of carbonyl (C=O) groups is 1. The van der Waals surface area contributed by atoms with Crippen LogP contribution in [0.5, 0.6) is 5.88 Å². The van der Waals surface area contributed by atoms with Gasteiger partial charge < -0.3 is 9.64 Å². The Balaban J connectivity index is 1.52. The zero-order valence-electron chi connectivity index (χ0n) is 16.1. The fourth-order valence-electron chi connectivity index (χ4n) is 3.10. The second-order valence-corrected chi connectivity index (χ2v) is 9.66. The molecule has 0 unspecified atom stereocenters. The molecule has 1 aromatic heterocycles. The van der Waals surface area contributed by atoms with Gasteiger partial charge in [0.15, 0.2) is 9.84 Å². The average Bonchev–Trinajstić information content (AvgIpc) is 2.69. The van der Waals surface area contributed by atoms with E-state index in [4.69, 9.17) is 4.74 Å². The molecule has 0 atom stereocenters. The van der Waals surface area contributed by atoms with Crippen molar-refractivity contribution in [3.8, 4) is 5.88 Å². The summed E-state index contributed by atoms with van der Waals surface area (Å²) in [6.07, 6.45) is 6.55. The van der Waals surface area contributed by atoms with Crippen LogP contribution in [0.25, 0.3) is 0 Å². The number of amides is 1. The number of ether oxygens (including phenoxy) is 1. The van der Waals surface area contributed by atoms with E-state index in [2.05, 4.69) is 9.97 Å². The van der Waals surface area contributed by atoms with E-state index in [9.17, 15) is 13.2 Å². The van der Waals surface area contributed by atoms with Crippen LogP contribution in [0.3, 0.4) is 0 Å². The minimum absolute atomic E-state index is 0.0290. The van der Waals surface area contributed by atoms with Crippen LogP contribution in [-0.4, -0.2) is 53.6 Å². The predicted molar refractivity (Wildman–Crippen MR) is 105 cm³/mol. The van der Waals surface area contributed by atoms with Gasteiger partial charge in [-0.05, 0) is 31.5 Å². The average molecular weight is 404 g/mol. The third-order valence-electron chi connectivity index (χ3n) is 4.85. The van der Waals surface area contributed by atoms with Crippen molar-refractivity contribution < 1.29 is 17.9 Å².